The van der Waals surface area contributed by atoms with E-state index in [1.54, 1.807) is 0 Å². The Labute approximate surface area is 121 Å². The summed E-state index contributed by atoms with van der Waals surface area (Å²) in [4.78, 5) is 8.68. The van der Waals surface area contributed by atoms with Gasteiger partial charge in [-0.15, -0.1) is 0 Å². The zero-order valence-electron chi connectivity index (χ0n) is 11.3. The molecule has 2 N–H and O–H groups in total. The molecule has 0 aliphatic carbocycles. The number of nitrogens with one attached hydrogen (secondary N) is 2. The fourth-order valence-corrected chi connectivity index (χ4v) is 2.28. The molecular formula is C14H17BrN4. The minimum Gasteiger partial charge on any atom is -0.373 e. The SMILES string of the molecule is CCc1cc(Br)ccc1Nc1cc(NC)nc(C)n1. The predicted octanol–water partition coefficient (Wildman–Crippen LogP) is 3.90. The lowest BCUT2D eigenvalue weighted by molar-refractivity contribution is 1.05. The Balaban J connectivity index is 2.33. The van der Waals surface area contributed by atoms with Gasteiger partial charge in [-0.05, 0) is 37.1 Å². The van der Waals surface area contributed by atoms with E-state index in [0.717, 1.165) is 34.0 Å². The topological polar surface area (TPSA) is 49.8 Å². The summed E-state index contributed by atoms with van der Waals surface area (Å²) in [7, 11) is 1.85. The van der Waals surface area contributed by atoms with Crippen LogP contribution in [0.5, 0.6) is 0 Å². The van der Waals surface area contributed by atoms with Gasteiger partial charge in [0.25, 0.3) is 0 Å². The minimum atomic E-state index is 0.740. The highest BCUT2D eigenvalue weighted by Gasteiger charge is 2.05. The molecule has 0 saturated heterocycles. The van der Waals surface area contributed by atoms with Crippen LogP contribution in [0.4, 0.5) is 17.3 Å². The highest BCUT2D eigenvalue weighted by atomic mass is 79.9. The third kappa shape index (κ3) is 3.44. The fourth-order valence-electron chi connectivity index (χ4n) is 1.87. The molecule has 0 saturated carbocycles. The van der Waals surface area contributed by atoms with Gasteiger partial charge >= 0.3 is 0 Å². The number of aromatic nitrogens is 2. The molecule has 19 heavy (non-hydrogen) atoms. The van der Waals surface area contributed by atoms with Gasteiger partial charge in [-0.2, -0.15) is 0 Å². The van der Waals surface area contributed by atoms with E-state index in [-0.39, 0.29) is 0 Å². The maximum atomic E-state index is 4.40. The molecule has 1 heterocycles. The van der Waals surface area contributed by atoms with Gasteiger partial charge in [0.15, 0.2) is 0 Å². The van der Waals surface area contributed by atoms with Crippen LogP contribution in [0, 0.1) is 6.92 Å². The zero-order chi connectivity index (χ0) is 13.8. The fraction of sp³-hybridized carbons (Fsp3) is 0.286. The van der Waals surface area contributed by atoms with Gasteiger partial charge in [0, 0.05) is 23.3 Å². The van der Waals surface area contributed by atoms with E-state index < -0.39 is 0 Å². The van der Waals surface area contributed by atoms with Crippen molar-refractivity contribution in [3.8, 4) is 0 Å². The van der Waals surface area contributed by atoms with E-state index in [2.05, 4.69) is 55.6 Å². The highest BCUT2D eigenvalue weighted by molar-refractivity contribution is 9.10. The lowest BCUT2D eigenvalue weighted by Crippen LogP contribution is -2.02. The molecule has 0 atom stereocenters. The maximum Gasteiger partial charge on any atom is 0.136 e. The monoisotopic (exact) mass is 320 g/mol. The van der Waals surface area contributed by atoms with Crippen molar-refractivity contribution in [2.75, 3.05) is 17.7 Å². The van der Waals surface area contributed by atoms with Gasteiger partial charge in [0.2, 0.25) is 0 Å². The van der Waals surface area contributed by atoms with Crippen LogP contribution in [0.1, 0.15) is 18.3 Å². The van der Waals surface area contributed by atoms with Crippen LogP contribution in [0.15, 0.2) is 28.7 Å². The van der Waals surface area contributed by atoms with Crippen molar-refractivity contribution in [2.24, 2.45) is 0 Å². The lowest BCUT2D eigenvalue weighted by atomic mass is 10.1. The van der Waals surface area contributed by atoms with Crippen molar-refractivity contribution >= 4 is 33.3 Å². The summed E-state index contributed by atoms with van der Waals surface area (Å²) in [5.74, 6) is 2.35. The normalized spacial score (nSPS) is 10.3. The van der Waals surface area contributed by atoms with E-state index in [9.17, 15) is 0 Å². The molecule has 0 aliphatic heterocycles. The Morgan fingerprint density at radius 1 is 1.16 bits per heavy atom. The Morgan fingerprint density at radius 2 is 1.89 bits per heavy atom. The molecule has 2 aromatic rings. The summed E-state index contributed by atoms with van der Waals surface area (Å²) in [6.07, 6.45) is 0.963. The number of anilines is 3. The van der Waals surface area contributed by atoms with Gasteiger partial charge in [-0.3, -0.25) is 0 Å². The molecule has 0 fully saturated rings. The summed E-state index contributed by atoms with van der Waals surface area (Å²) in [6, 6.07) is 8.10. The number of rotatable bonds is 4. The minimum absolute atomic E-state index is 0.740. The Morgan fingerprint density at radius 3 is 2.58 bits per heavy atom. The van der Waals surface area contributed by atoms with Crippen molar-refractivity contribution in [3.05, 3.63) is 40.1 Å². The van der Waals surface area contributed by atoms with Gasteiger partial charge in [-0.25, -0.2) is 9.97 Å². The second-order valence-corrected chi connectivity index (χ2v) is 5.13. The Kier molecular flexibility index (Phi) is 4.37. The molecular weight excluding hydrogens is 304 g/mol. The van der Waals surface area contributed by atoms with Gasteiger partial charge in [-0.1, -0.05) is 22.9 Å². The second kappa shape index (κ2) is 6.02. The number of nitrogens with zero attached hydrogens (tertiary/aromatic N) is 2. The molecule has 1 aromatic carbocycles. The van der Waals surface area contributed by atoms with Gasteiger partial charge in [0.05, 0.1) is 0 Å². The number of benzene rings is 1. The molecule has 0 aliphatic rings. The third-order valence-corrected chi connectivity index (χ3v) is 3.30. The smallest absolute Gasteiger partial charge is 0.136 e. The molecule has 0 spiro atoms. The predicted molar refractivity (Wildman–Crippen MR) is 83.1 cm³/mol. The highest BCUT2D eigenvalue weighted by Crippen LogP contribution is 2.25. The van der Waals surface area contributed by atoms with E-state index in [0.29, 0.717) is 0 Å². The number of hydrogen-bond acceptors (Lipinski definition) is 4. The first-order valence-corrected chi connectivity index (χ1v) is 7.00. The average Bonchev–Trinajstić information content (AvgIpc) is 2.40. The van der Waals surface area contributed by atoms with Gasteiger partial charge < -0.3 is 10.6 Å². The van der Waals surface area contributed by atoms with Crippen LogP contribution in [-0.4, -0.2) is 17.0 Å². The van der Waals surface area contributed by atoms with Crippen LogP contribution < -0.4 is 10.6 Å². The van der Waals surface area contributed by atoms with Crippen molar-refractivity contribution < 1.29 is 0 Å². The lowest BCUT2D eigenvalue weighted by Gasteiger charge is -2.12. The number of aryl methyl sites for hydroxylation is 2. The molecule has 2 rings (SSSR count). The summed E-state index contributed by atoms with van der Waals surface area (Å²) in [5, 5.41) is 6.39. The molecule has 0 radical (unpaired) electrons. The summed E-state index contributed by atoms with van der Waals surface area (Å²) >= 11 is 3.49. The molecule has 0 bridgehead atoms. The molecule has 100 valence electrons. The summed E-state index contributed by atoms with van der Waals surface area (Å²) in [6.45, 7) is 4.02. The van der Waals surface area contributed by atoms with E-state index in [1.165, 1.54) is 5.56 Å². The van der Waals surface area contributed by atoms with Crippen LogP contribution in [0.3, 0.4) is 0 Å². The van der Waals surface area contributed by atoms with Crippen LogP contribution in [0.2, 0.25) is 0 Å². The van der Waals surface area contributed by atoms with Crippen LogP contribution in [0.25, 0.3) is 0 Å². The third-order valence-electron chi connectivity index (χ3n) is 2.81. The summed E-state index contributed by atoms with van der Waals surface area (Å²) in [5.41, 5.74) is 2.32. The van der Waals surface area contributed by atoms with E-state index in [1.807, 2.05) is 26.1 Å². The first kappa shape index (κ1) is 13.8. The molecule has 5 heteroatoms. The second-order valence-electron chi connectivity index (χ2n) is 4.22. The first-order chi connectivity index (χ1) is 9.12. The van der Waals surface area contributed by atoms with Crippen molar-refractivity contribution in [3.63, 3.8) is 0 Å². The number of halogens is 1. The van der Waals surface area contributed by atoms with Gasteiger partial charge in [0.1, 0.15) is 17.5 Å². The number of hydrogen-bond donors (Lipinski definition) is 2. The molecule has 0 unspecified atom stereocenters. The average molecular weight is 321 g/mol. The summed E-state index contributed by atoms with van der Waals surface area (Å²) < 4.78 is 1.09. The van der Waals surface area contributed by atoms with Crippen LogP contribution >= 0.6 is 15.9 Å². The molecule has 0 amide bonds. The largest absolute Gasteiger partial charge is 0.373 e. The Hall–Kier alpha value is -1.62. The van der Waals surface area contributed by atoms with E-state index >= 15 is 0 Å². The van der Waals surface area contributed by atoms with Crippen molar-refractivity contribution in [1.29, 1.82) is 0 Å². The van der Waals surface area contributed by atoms with Crippen molar-refractivity contribution in [1.82, 2.24) is 9.97 Å². The molecule has 1 aromatic heterocycles. The van der Waals surface area contributed by atoms with E-state index in [4.69, 9.17) is 0 Å². The Bertz CT molecular complexity index is 584. The standard InChI is InChI=1S/C14H17BrN4/c1-4-10-7-11(15)5-6-12(10)19-14-8-13(16-3)17-9(2)18-14/h5-8H,4H2,1-3H3,(H2,16,17,18,19). The first-order valence-electron chi connectivity index (χ1n) is 6.21. The quantitative estimate of drug-likeness (QED) is 0.897. The van der Waals surface area contributed by atoms with Crippen LogP contribution in [-0.2, 0) is 6.42 Å². The zero-order valence-corrected chi connectivity index (χ0v) is 12.9. The maximum absolute atomic E-state index is 4.40. The molecule has 4 nitrogen and oxygen atoms in total. The van der Waals surface area contributed by atoms with Crippen molar-refractivity contribution in [2.45, 2.75) is 20.3 Å².